The van der Waals surface area contributed by atoms with Gasteiger partial charge in [-0.25, -0.2) is 4.98 Å². The van der Waals surface area contributed by atoms with Gasteiger partial charge in [-0.1, -0.05) is 12.1 Å². The molecule has 0 bridgehead atoms. The van der Waals surface area contributed by atoms with E-state index in [1.807, 2.05) is 18.3 Å². The van der Waals surface area contributed by atoms with Crippen molar-refractivity contribution in [3.8, 4) is 0 Å². The summed E-state index contributed by atoms with van der Waals surface area (Å²) in [6, 6.07) is 8.10. The third-order valence-corrected chi connectivity index (χ3v) is 3.17. The first-order valence-corrected chi connectivity index (χ1v) is 6.03. The first-order valence-electron chi connectivity index (χ1n) is 5.15. The van der Waals surface area contributed by atoms with Gasteiger partial charge in [-0.2, -0.15) is 0 Å². The van der Waals surface area contributed by atoms with Crippen LogP contribution in [0.1, 0.15) is 10.4 Å². The standard InChI is InChI=1S/C12H15N3S/c1-15(9-11-3-2-6-16-11)8-10-4-5-12(13)14-7-10/h2-7H,8-9H2,1H3,(H2,13,14). The summed E-state index contributed by atoms with van der Waals surface area (Å²) in [5.74, 6) is 0.574. The van der Waals surface area contributed by atoms with Crippen LogP contribution < -0.4 is 5.73 Å². The van der Waals surface area contributed by atoms with Crippen LogP contribution in [0.25, 0.3) is 0 Å². The van der Waals surface area contributed by atoms with Gasteiger partial charge in [-0.15, -0.1) is 11.3 Å². The van der Waals surface area contributed by atoms with E-state index in [0.29, 0.717) is 5.82 Å². The van der Waals surface area contributed by atoms with Crippen LogP contribution in [0.4, 0.5) is 5.82 Å². The fourth-order valence-electron chi connectivity index (χ4n) is 1.57. The van der Waals surface area contributed by atoms with Crippen LogP contribution in [0.2, 0.25) is 0 Å². The highest BCUT2D eigenvalue weighted by atomic mass is 32.1. The summed E-state index contributed by atoms with van der Waals surface area (Å²) in [4.78, 5) is 7.73. The van der Waals surface area contributed by atoms with E-state index in [1.165, 1.54) is 10.4 Å². The molecule has 2 heterocycles. The lowest BCUT2D eigenvalue weighted by atomic mass is 10.2. The Labute approximate surface area is 99.5 Å². The van der Waals surface area contributed by atoms with Crippen molar-refractivity contribution in [2.24, 2.45) is 0 Å². The van der Waals surface area contributed by atoms with E-state index in [2.05, 4.69) is 34.4 Å². The second kappa shape index (κ2) is 5.09. The third kappa shape index (κ3) is 3.05. The van der Waals surface area contributed by atoms with Crippen molar-refractivity contribution in [3.63, 3.8) is 0 Å². The van der Waals surface area contributed by atoms with Gasteiger partial charge in [0.2, 0.25) is 0 Å². The van der Waals surface area contributed by atoms with Crippen molar-refractivity contribution >= 4 is 17.2 Å². The van der Waals surface area contributed by atoms with Crippen LogP contribution in [0.15, 0.2) is 35.8 Å². The maximum Gasteiger partial charge on any atom is 0.123 e. The highest BCUT2D eigenvalue weighted by Crippen LogP contribution is 2.12. The minimum Gasteiger partial charge on any atom is -0.384 e. The zero-order valence-corrected chi connectivity index (χ0v) is 10.1. The average Bonchev–Trinajstić information content (AvgIpc) is 2.74. The maximum atomic E-state index is 5.54. The van der Waals surface area contributed by atoms with Crippen molar-refractivity contribution < 1.29 is 0 Å². The minimum atomic E-state index is 0.574. The summed E-state index contributed by atoms with van der Waals surface area (Å²) in [7, 11) is 2.11. The van der Waals surface area contributed by atoms with Gasteiger partial charge in [0.25, 0.3) is 0 Å². The number of hydrogen-bond acceptors (Lipinski definition) is 4. The molecule has 0 saturated heterocycles. The summed E-state index contributed by atoms with van der Waals surface area (Å²) in [6.07, 6.45) is 1.83. The molecule has 0 aliphatic rings. The molecule has 0 aliphatic carbocycles. The molecule has 2 N–H and O–H groups in total. The first kappa shape index (κ1) is 11.1. The van der Waals surface area contributed by atoms with Crippen LogP contribution in [0.5, 0.6) is 0 Å². The number of hydrogen-bond donors (Lipinski definition) is 1. The summed E-state index contributed by atoms with van der Waals surface area (Å²) >= 11 is 1.79. The molecule has 0 aromatic carbocycles. The second-order valence-corrected chi connectivity index (χ2v) is 4.88. The molecule has 0 amide bonds. The van der Waals surface area contributed by atoms with Gasteiger partial charge in [0.15, 0.2) is 0 Å². The van der Waals surface area contributed by atoms with E-state index < -0.39 is 0 Å². The Bertz CT molecular complexity index is 422. The van der Waals surface area contributed by atoms with Gasteiger partial charge in [0.05, 0.1) is 0 Å². The van der Waals surface area contributed by atoms with Crippen LogP contribution in [0.3, 0.4) is 0 Å². The lowest BCUT2D eigenvalue weighted by Crippen LogP contribution is -2.16. The molecule has 16 heavy (non-hydrogen) atoms. The summed E-state index contributed by atoms with van der Waals surface area (Å²) in [5.41, 5.74) is 6.73. The van der Waals surface area contributed by atoms with Crippen molar-refractivity contribution in [2.75, 3.05) is 12.8 Å². The number of nitrogens with zero attached hydrogens (tertiary/aromatic N) is 2. The third-order valence-electron chi connectivity index (χ3n) is 2.31. The van der Waals surface area contributed by atoms with Crippen LogP contribution in [-0.4, -0.2) is 16.9 Å². The summed E-state index contributed by atoms with van der Waals surface area (Å²) in [5, 5.41) is 2.11. The van der Waals surface area contributed by atoms with Crippen LogP contribution in [-0.2, 0) is 13.1 Å². The Hall–Kier alpha value is -1.39. The molecular formula is C12H15N3S. The SMILES string of the molecule is CN(Cc1ccc(N)nc1)Cc1cccs1. The van der Waals surface area contributed by atoms with Gasteiger partial charge in [0, 0.05) is 24.2 Å². The van der Waals surface area contributed by atoms with Gasteiger partial charge >= 0.3 is 0 Å². The van der Waals surface area contributed by atoms with E-state index in [1.54, 1.807) is 11.3 Å². The molecule has 0 atom stereocenters. The fourth-order valence-corrected chi connectivity index (χ4v) is 2.35. The van der Waals surface area contributed by atoms with Crippen molar-refractivity contribution in [2.45, 2.75) is 13.1 Å². The molecule has 0 aliphatic heterocycles. The molecule has 2 aromatic heterocycles. The molecule has 4 heteroatoms. The summed E-state index contributed by atoms with van der Waals surface area (Å²) in [6.45, 7) is 1.87. The van der Waals surface area contributed by atoms with E-state index in [4.69, 9.17) is 5.73 Å². The highest BCUT2D eigenvalue weighted by Gasteiger charge is 2.02. The van der Waals surface area contributed by atoms with E-state index in [-0.39, 0.29) is 0 Å². The Morgan fingerprint density at radius 2 is 2.19 bits per heavy atom. The molecule has 3 nitrogen and oxygen atoms in total. The molecule has 2 aromatic rings. The van der Waals surface area contributed by atoms with Gasteiger partial charge in [-0.05, 0) is 30.1 Å². The number of thiophene rings is 1. The number of aromatic nitrogens is 1. The molecular weight excluding hydrogens is 218 g/mol. The fraction of sp³-hybridized carbons (Fsp3) is 0.250. The zero-order valence-electron chi connectivity index (χ0n) is 9.26. The number of nitrogens with two attached hydrogens (primary N) is 1. The Morgan fingerprint density at radius 1 is 1.31 bits per heavy atom. The zero-order chi connectivity index (χ0) is 11.4. The predicted molar refractivity (Wildman–Crippen MR) is 68.1 cm³/mol. The molecule has 2 rings (SSSR count). The molecule has 0 unspecified atom stereocenters. The smallest absolute Gasteiger partial charge is 0.123 e. The Morgan fingerprint density at radius 3 is 2.81 bits per heavy atom. The monoisotopic (exact) mass is 233 g/mol. The second-order valence-electron chi connectivity index (χ2n) is 3.84. The van der Waals surface area contributed by atoms with Gasteiger partial charge < -0.3 is 5.73 Å². The Balaban J connectivity index is 1.92. The normalized spacial score (nSPS) is 10.9. The van der Waals surface area contributed by atoms with Crippen molar-refractivity contribution in [1.29, 1.82) is 0 Å². The predicted octanol–water partition coefficient (Wildman–Crippen LogP) is 2.36. The first-order chi connectivity index (χ1) is 7.74. The van der Waals surface area contributed by atoms with Crippen molar-refractivity contribution in [1.82, 2.24) is 9.88 Å². The lowest BCUT2D eigenvalue weighted by molar-refractivity contribution is 0.321. The number of rotatable bonds is 4. The topological polar surface area (TPSA) is 42.1 Å². The van der Waals surface area contributed by atoms with Crippen LogP contribution in [0, 0.1) is 0 Å². The van der Waals surface area contributed by atoms with Crippen LogP contribution >= 0.6 is 11.3 Å². The molecule has 0 saturated carbocycles. The average molecular weight is 233 g/mol. The highest BCUT2D eigenvalue weighted by molar-refractivity contribution is 7.09. The molecule has 0 radical (unpaired) electrons. The van der Waals surface area contributed by atoms with Gasteiger partial charge in [-0.3, -0.25) is 4.90 Å². The Kier molecular flexibility index (Phi) is 3.54. The van der Waals surface area contributed by atoms with E-state index in [9.17, 15) is 0 Å². The lowest BCUT2D eigenvalue weighted by Gasteiger charge is -2.15. The largest absolute Gasteiger partial charge is 0.384 e. The molecule has 0 spiro atoms. The number of pyridine rings is 1. The number of nitrogen functional groups attached to an aromatic ring is 1. The molecule has 84 valence electrons. The molecule has 0 fully saturated rings. The van der Waals surface area contributed by atoms with Gasteiger partial charge in [0.1, 0.15) is 5.82 Å². The van der Waals surface area contributed by atoms with Crippen molar-refractivity contribution in [3.05, 3.63) is 46.3 Å². The minimum absolute atomic E-state index is 0.574. The number of anilines is 1. The maximum absolute atomic E-state index is 5.54. The van der Waals surface area contributed by atoms with E-state index in [0.717, 1.165) is 13.1 Å². The van der Waals surface area contributed by atoms with E-state index >= 15 is 0 Å². The quantitative estimate of drug-likeness (QED) is 0.881. The summed E-state index contributed by atoms with van der Waals surface area (Å²) < 4.78 is 0.